The molecule has 3 aromatic carbocycles. The summed E-state index contributed by atoms with van der Waals surface area (Å²) in [5, 5.41) is 2.98. The normalized spacial score (nSPS) is 11.4. The molecule has 160 valence electrons. The van der Waals surface area contributed by atoms with Crippen molar-refractivity contribution in [3.63, 3.8) is 0 Å². The summed E-state index contributed by atoms with van der Waals surface area (Å²) in [7, 11) is 4.03. The van der Waals surface area contributed by atoms with E-state index in [1.165, 1.54) is 11.3 Å². The van der Waals surface area contributed by atoms with E-state index in [-0.39, 0.29) is 5.91 Å². The molecule has 0 aliphatic rings. The lowest BCUT2D eigenvalue weighted by atomic mass is 10.0. The number of thiazole rings is 1. The number of rotatable bonds is 8. The lowest BCUT2D eigenvalue weighted by Gasteiger charge is -2.22. The van der Waals surface area contributed by atoms with Crippen molar-refractivity contribution in [2.24, 2.45) is 0 Å². The molecule has 1 amide bonds. The molecule has 0 radical (unpaired) electrons. The maximum atomic E-state index is 13.5. The van der Waals surface area contributed by atoms with Gasteiger partial charge in [-0.25, -0.2) is 4.98 Å². The van der Waals surface area contributed by atoms with Gasteiger partial charge in [-0.15, -0.1) is 0 Å². The first-order chi connectivity index (χ1) is 15.1. The molecular formula is C25H27N3O2S. The Balaban J connectivity index is 1.68. The standard InChI is InChI=1S/C25H27N3O2S/c1-4-30-21-13-8-14-22-24(21)26-25(31-22)28(16-15-27(2)3)23(29)17-19-11-7-10-18-9-5-6-12-20(18)19/h5-14H,4,15-17H2,1-3H3. The largest absolute Gasteiger partial charge is 0.492 e. The van der Waals surface area contributed by atoms with Crippen LogP contribution in [0.4, 0.5) is 5.13 Å². The van der Waals surface area contributed by atoms with Gasteiger partial charge >= 0.3 is 0 Å². The van der Waals surface area contributed by atoms with Gasteiger partial charge in [-0.1, -0.05) is 59.9 Å². The number of ether oxygens (including phenoxy) is 1. The second-order valence-electron chi connectivity index (χ2n) is 7.70. The van der Waals surface area contributed by atoms with Crippen LogP contribution in [0.2, 0.25) is 0 Å². The minimum atomic E-state index is 0.0511. The van der Waals surface area contributed by atoms with E-state index in [0.717, 1.165) is 38.8 Å². The molecule has 0 bridgehead atoms. The Labute approximate surface area is 186 Å². The van der Waals surface area contributed by atoms with E-state index >= 15 is 0 Å². The van der Waals surface area contributed by atoms with E-state index in [0.29, 0.717) is 24.7 Å². The predicted molar refractivity (Wildman–Crippen MR) is 129 cm³/mol. The van der Waals surface area contributed by atoms with E-state index < -0.39 is 0 Å². The number of hydrogen-bond donors (Lipinski definition) is 0. The van der Waals surface area contributed by atoms with Crippen LogP contribution < -0.4 is 9.64 Å². The zero-order chi connectivity index (χ0) is 21.8. The van der Waals surface area contributed by atoms with Crippen molar-refractivity contribution in [3.05, 3.63) is 66.2 Å². The summed E-state index contributed by atoms with van der Waals surface area (Å²) < 4.78 is 6.77. The summed E-state index contributed by atoms with van der Waals surface area (Å²) >= 11 is 1.54. The van der Waals surface area contributed by atoms with Gasteiger partial charge in [0.05, 0.1) is 17.7 Å². The third-order valence-corrected chi connectivity index (χ3v) is 6.24. The molecule has 0 saturated carbocycles. The van der Waals surface area contributed by atoms with Gasteiger partial charge in [-0.2, -0.15) is 0 Å². The topological polar surface area (TPSA) is 45.7 Å². The quantitative estimate of drug-likeness (QED) is 0.393. The fourth-order valence-electron chi connectivity index (χ4n) is 3.63. The Morgan fingerprint density at radius 2 is 1.77 bits per heavy atom. The maximum Gasteiger partial charge on any atom is 0.233 e. The second kappa shape index (κ2) is 9.45. The molecular weight excluding hydrogens is 406 g/mol. The number of amides is 1. The van der Waals surface area contributed by atoms with Gasteiger partial charge in [0.1, 0.15) is 11.3 Å². The third kappa shape index (κ3) is 4.70. The zero-order valence-corrected chi connectivity index (χ0v) is 19.0. The van der Waals surface area contributed by atoms with Gasteiger partial charge in [0.2, 0.25) is 5.91 Å². The average Bonchev–Trinajstić information content (AvgIpc) is 3.19. The van der Waals surface area contributed by atoms with Gasteiger partial charge < -0.3 is 9.64 Å². The smallest absolute Gasteiger partial charge is 0.233 e. The van der Waals surface area contributed by atoms with Crippen molar-refractivity contribution in [2.75, 3.05) is 38.7 Å². The molecule has 4 aromatic rings. The number of hydrogen-bond acceptors (Lipinski definition) is 5. The van der Waals surface area contributed by atoms with Crippen molar-refractivity contribution in [1.29, 1.82) is 0 Å². The first-order valence-electron chi connectivity index (χ1n) is 10.5. The van der Waals surface area contributed by atoms with E-state index in [1.807, 2.05) is 68.4 Å². The molecule has 0 saturated heterocycles. The van der Waals surface area contributed by atoms with Crippen molar-refractivity contribution in [2.45, 2.75) is 13.3 Å². The molecule has 4 rings (SSSR count). The highest BCUT2D eigenvalue weighted by Gasteiger charge is 2.22. The van der Waals surface area contributed by atoms with Crippen LogP contribution in [0.1, 0.15) is 12.5 Å². The highest BCUT2D eigenvalue weighted by Crippen LogP contribution is 2.34. The summed E-state index contributed by atoms with van der Waals surface area (Å²) in [6.07, 6.45) is 0.336. The van der Waals surface area contributed by atoms with Crippen LogP contribution in [0.15, 0.2) is 60.7 Å². The SMILES string of the molecule is CCOc1cccc2sc(N(CCN(C)C)C(=O)Cc3cccc4ccccc34)nc12. The Morgan fingerprint density at radius 1 is 1.00 bits per heavy atom. The van der Waals surface area contributed by atoms with Gasteiger partial charge in [0.25, 0.3) is 0 Å². The van der Waals surface area contributed by atoms with Gasteiger partial charge in [-0.3, -0.25) is 9.69 Å². The molecule has 0 N–H and O–H groups in total. The van der Waals surface area contributed by atoms with Crippen LogP contribution >= 0.6 is 11.3 Å². The number of aromatic nitrogens is 1. The maximum absolute atomic E-state index is 13.5. The highest BCUT2D eigenvalue weighted by molar-refractivity contribution is 7.22. The molecule has 0 fully saturated rings. The number of anilines is 1. The molecule has 0 atom stereocenters. The minimum Gasteiger partial charge on any atom is -0.492 e. The first-order valence-corrected chi connectivity index (χ1v) is 11.3. The van der Waals surface area contributed by atoms with Crippen LogP contribution in [0.3, 0.4) is 0 Å². The lowest BCUT2D eigenvalue weighted by molar-refractivity contribution is -0.118. The molecule has 1 heterocycles. The predicted octanol–water partition coefficient (Wildman–Crippen LogP) is 4.99. The third-order valence-electron chi connectivity index (χ3n) is 5.19. The lowest BCUT2D eigenvalue weighted by Crippen LogP contribution is -2.37. The van der Waals surface area contributed by atoms with Crippen LogP contribution in [0.25, 0.3) is 21.0 Å². The number of nitrogens with zero attached hydrogens (tertiary/aromatic N) is 3. The number of carbonyl (C=O) groups is 1. The summed E-state index contributed by atoms with van der Waals surface area (Å²) in [5.41, 5.74) is 1.85. The van der Waals surface area contributed by atoms with Gasteiger partial charge in [0, 0.05) is 13.1 Å². The van der Waals surface area contributed by atoms with E-state index in [4.69, 9.17) is 9.72 Å². The monoisotopic (exact) mass is 433 g/mol. The Morgan fingerprint density at radius 3 is 2.58 bits per heavy atom. The van der Waals surface area contributed by atoms with Crippen LogP contribution in [0, 0.1) is 0 Å². The molecule has 1 aromatic heterocycles. The molecule has 31 heavy (non-hydrogen) atoms. The molecule has 0 unspecified atom stereocenters. The minimum absolute atomic E-state index is 0.0511. The van der Waals surface area contributed by atoms with Crippen LogP contribution in [-0.2, 0) is 11.2 Å². The summed E-state index contributed by atoms with van der Waals surface area (Å²) in [5.74, 6) is 0.812. The number of para-hydroxylation sites is 1. The number of carbonyl (C=O) groups excluding carboxylic acids is 1. The van der Waals surface area contributed by atoms with Crippen LogP contribution in [-0.4, -0.2) is 49.6 Å². The van der Waals surface area contributed by atoms with Crippen LogP contribution in [0.5, 0.6) is 5.75 Å². The Hall–Kier alpha value is -2.96. The molecule has 0 aliphatic heterocycles. The van der Waals surface area contributed by atoms with E-state index in [2.05, 4.69) is 23.1 Å². The van der Waals surface area contributed by atoms with Crippen molar-refractivity contribution in [1.82, 2.24) is 9.88 Å². The Kier molecular flexibility index (Phi) is 6.49. The molecule has 6 heteroatoms. The summed E-state index contributed by atoms with van der Waals surface area (Å²) in [6, 6.07) is 20.3. The van der Waals surface area contributed by atoms with Crippen molar-refractivity contribution < 1.29 is 9.53 Å². The number of benzene rings is 3. The molecule has 0 spiro atoms. The first kappa shape index (κ1) is 21.3. The highest BCUT2D eigenvalue weighted by atomic mass is 32.1. The number of likely N-dealkylation sites (N-methyl/N-ethyl adjacent to an activating group) is 1. The fraction of sp³-hybridized carbons (Fsp3) is 0.280. The molecule has 0 aliphatic carbocycles. The summed E-state index contributed by atoms with van der Waals surface area (Å²) in [4.78, 5) is 22.2. The fourth-order valence-corrected chi connectivity index (χ4v) is 4.66. The summed E-state index contributed by atoms with van der Waals surface area (Å²) in [6.45, 7) is 3.88. The average molecular weight is 434 g/mol. The molecule has 5 nitrogen and oxygen atoms in total. The zero-order valence-electron chi connectivity index (χ0n) is 18.2. The van der Waals surface area contributed by atoms with E-state index in [9.17, 15) is 4.79 Å². The van der Waals surface area contributed by atoms with E-state index in [1.54, 1.807) is 0 Å². The van der Waals surface area contributed by atoms with Gasteiger partial charge in [0.15, 0.2) is 5.13 Å². The second-order valence-corrected chi connectivity index (χ2v) is 8.71. The number of fused-ring (bicyclic) bond motifs is 2. The van der Waals surface area contributed by atoms with Crippen molar-refractivity contribution >= 4 is 43.4 Å². The van der Waals surface area contributed by atoms with Gasteiger partial charge in [-0.05, 0) is 49.5 Å². The Bertz CT molecular complexity index is 1200. The van der Waals surface area contributed by atoms with Crippen molar-refractivity contribution in [3.8, 4) is 5.75 Å².